The Morgan fingerprint density at radius 1 is 1.10 bits per heavy atom. The van der Waals surface area contributed by atoms with E-state index in [9.17, 15) is 0 Å². The quantitative estimate of drug-likeness (QED) is 0.222. The van der Waals surface area contributed by atoms with Crippen LogP contribution in [0.5, 0.6) is 0 Å². The molecule has 4 nitrogen and oxygen atoms in total. The fraction of sp³-hybridized carbons (Fsp3) is 0.867. The lowest BCUT2D eigenvalue weighted by Crippen LogP contribution is -2.51. The van der Waals surface area contributed by atoms with Gasteiger partial charge in [0.25, 0.3) is 0 Å². The van der Waals surface area contributed by atoms with Crippen molar-refractivity contribution in [3.05, 3.63) is 12.7 Å². The van der Waals surface area contributed by atoms with Gasteiger partial charge in [-0.05, 0) is 13.3 Å². The van der Waals surface area contributed by atoms with Crippen LogP contribution in [0.25, 0.3) is 0 Å². The third-order valence-electron chi connectivity index (χ3n) is 3.22. The van der Waals surface area contributed by atoms with Crippen molar-refractivity contribution in [1.82, 2.24) is 0 Å². The Morgan fingerprint density at radius 2 is 1.75 bits per heavy atom. The highest BCUT2D eigenvalue weighted by Crippen LogP contribution is 2.28. The largest absolute Gasteiger partial charge is 0.502 e. The first kappa shape index (κ1) is 19.8. The summed E-state index contributed by atoms with van der Waals surface area (Å²) in [5.41, 5.74) is 0. The fourth-order valence-corrected chi connectivity index (χ4v) is 4.35. The molecule has 1 unspecified atom stereocenters. The molecule has 120 valence electrons. The van der Waals surface area contributed by atoms with E-state index in [1.165, 1.54) is 6.42 Å². The maximum atomic E-state index is 6.19. The Labute approximate surface area is 125 Å². The van der Waals surface area contributed by atoms with E-state index in [2.05, 4.69) is 20.4 Å². The topological polar surface area (TPSA) is 36.9 Å². The number of hydrogen-bond acceptors (Lipinski definition) is 4. The maximum Gasteiger partial charge on any atom is 0.502 e. The second-order valence-electron chi connectivity index (χ2n) is 5.13. The van der Waals surface area contributed by atoms with E-state index in [4.69, 9.17) is 18.0 Å². The highest BCUT2D eigenvalue weighted by Gasteiger charge is 2.45. The van der Waals surface area contributed by atoms with Crippen molar-refractivity contribution >= 4 is 8.80 Å². The van der Waals surface area contributed by atoms with Crippen molar-refractivity contribution in [2.45, 2.75) is 64.7 Å². The van der Waals surface area contributed by atoms with Crippen LogP contribution >= 0.6 is 0 Å². The monoisotopic (exact) mass is 304 g/mol. The van der Waals surface area contributed by atoms with Crippen LogP contribution in [0, 0.1) is 0 Å². The molecule has 0 N–H and O–H groups in total. The standard InChI is InChI=1S/C15H32O4Si/c1-7-10-11-13-18-15(4,12-8-2)19-20(16-5,17-6)14-9-3/h8H,2,7,9-14H2,1,3-6H3. The van der Waals surface area contributed by atoms with Crippen LogP contribution in [0.15, 0.2) is 12.7 Å². The molecule has 0 saturated carbocycles. The smallest absolute Gasteiger partial charge is 0.377 e. The second-order valence-corrected chi connectivity index (χ2v) is 8.01. The average molecular weight is 305 g/mol. The summed E-state index contributed by atoms with van der Waals surface area (Å²) in [4.78, 5) is 0. The number of hydrogen-bond donors (Lipinski definition) is 0. The van der Waals surface area contributed by atoms with Crippen molar-refractivity contribution in [3.8, 4) is 0 Å². The molecule has 0 radical (unpaired) electrons. The summed E-state index contributed by atoms with van der Waals surface area (Å²) in [5.74, 6) is -0.719. The SMILES string of the molecule is C=CCC(C)(OCCCCC)O[Si](CCC)(OC)OC. The third-order valence-corrected chi connectivity index (χ3v) is 6.32. The van der Waals surface area contributed by atoms with Gasteiger partial charge in [0.05, 0.1) is 0 Å². The molecule has 0 bridgehead atoms. The molecule has 0 aliphatic rings. The van der Waals surface area contributed by atoms with Crippen LogP contribution in [0.4, 0.5) is 0 Å². The Kier molecular flexibility index (Phi) is 10.4. The molecule has 0 aliphatic heterocycles. The van der Waals surface area contributed by atoms with E-state index in [1.807, 2.05) is 13.0 Å². The van der Waals surface area contributed by atoms with Gasteiger partial charge in [0.2, 0.25) is 0 Å². The normalized spacial score (nSPS) is 15.1. The fourth-order valence-electron chi connectivity index (χ4n) is 2.09. The van der Waals surface area contributed by atoms with Gasteiger partial charge in [-0.3, -0.25) is 0 Å². The minimum absolute atomic E-state index is 0.615. The molecule has 0 aromatic carbocycles. The highest BCUT2D eigenvalue weighted by molar-refractivity contribution is 6.60. The van der Waals surface area contributed by atoms with Gasteiger partial charge < -0.3 is 18.0 Å². The molecule has 0 fully saturated rings. The molecular weight excluding hydrogens is 272 g/mol. The summed E-state index contributed by atoms with van der Waals surface area (Å²) < 4.78 is 23.3. The number of rotatable bonds is 13. The van der Waals surface area contributed by atoms with Crippen LogP contribution in [0.2, 0.25) is 6.04 Å². The Balaban J connectivity index is 4.72. The molecule has 0 amide bonds. The second kappa shape index (κ2) is 10.5. The van der Waals surface area contributed by atoms with Gasteiger partial charge in [0.15, 0.2) is 5.79 Å². The lowest BCUT2D eigenvalue weighted by Gasteiger charge is -2.37. The van der Waals surface area contributed by atoms with Crippen LogP contribution in [0.1, 0.15) is 52.9 Å². The van der Waals surface area contributed by atoms with Gasteiger partial charge >= 0.3 is 8.80 Å². The van der Waals surface area contributed by atoms with Crippen LogP contribution in [0.3, 0.4) is 0 Å². The van der Waals surface area contributed by atoms with E-state index in [0.717, 1.165) is 25.3 Å². The summed E-state index contributed by atoms with van der Waals surface area (Å²) in [6.07, 6.45) is 6.76. The molecule has 0 aliphatic carbocycles. The summed E-state index contributed by atoms with van der Waals surface area (Å²) in [5, 5.41) is 0. The van der Waals surface area contributed by atoms with Gasteiger partial charge in [0.1, 0.15) is 0 Å². The zero-order valence-corrected chi connectivity index (χ0v) is 14.9. The molecule has 0 spiro atoms. The summed E-state index contributed by atoms with van der Waals surface area (Å²) >= 11 is 0. The first-order valence-corrected chi connectivity index (χ1v) is 9.50. The van der Waals surface area contributed by atoms with Gasteiger partial charge in [-0.2, -0.15) is 0 Å². The van der Waals surface area contributed by atoms with Crippen molar-refractivity contribution < 1.29 is 18.0 Å². The van der Waals surface area contributed by atoms with E-state index >= 15 is 0 Å². The predicted molar refractivity (Wildman–Crippen MR) is 84.7 cm³/mol. The minimum atomic E-state index is -2.66. The average Bonchev–Trinajstić information content (AvgIpc) is 2.43. The van der Waals surface area contributed by atoms with Gasteiger partial charge in [-0.25, -0.2) is 0 Å². The van der Waals surface area contributed by atoms with Gasteiger partial charge in [-0.15, -0.1) is 6.58 Å². The third kappa shape index (κ3) is 6.99. The lowest BCUT2D eigenvalue weighted by atomic mass is 10.2. The Morgan fingerprint density at radius 3 is 2.20 bits per heavy atom. The highest BCUT2D eigenvalue weighted by atomic mass is 28.4. The molecular formula is C15H32O4Si. The first-order chi connectivity index (χ1) is 9.51. The summed E-state index contributed by atoms with van der Waals surface area (Å²) in [6.45, 7) is 10.7. The molecule has 1 atom stereocenters. The van der Waals surface area contributed by atoms with E-state index in [1.54, 1.807) is 14.2 Å². The minimum Gasteiger partial charge on any atom is -0.377 e. The molecule has 20 heavy (non-hydrogen) atoms. The van der Waals surface area contributed by atoms with Crippen molar-refractivity contribution in [1.29, 1.82) is 0 Å². The Hall–Kier alpha value is -0.203. The maximum absolute atomic E-state index is 6.19. The van der Waals surface area contributed by atoms with Gasteiger partial charge in [0, 0.05) is 33.3 Å². The molecule has 5 heteroatoms. The van der Waals surface area contributed by atoms with E-state index in [0.29, 0.717) is 13.0 Å². The first-order valence-electron chi connectivity index (χ1n) is 7.56. The molecule has 0 rings (SSSR count). The van der Waals surface area contributed by atoms with Crippen LogP contribution in [-0.2, 0) is 18.0 Å². The van der Waals surface area contributed by atoms with Crippen LogP contribution in [-0.4, -0.2) is 35.4 Å². The van der Waals surface area contributed by atoms with Gasteiger partial charge in [-0.1, -0.05) is 39.2 Å². The molecule has 0 aromatic heterocycles. The Bertz CT molecular complexity index is 256. The van der Waals surface area contributed by atoms with E-state index < -0.39 is 14.6 Å². The zero-order chi connectivity index (χ0) is 15.5. The van der Waals surface area contributed by atoms with E-state index in [-0.39, 0.29) is 0 Å². The van der Waals surface area contributed by atoms with Crippen molar-refractivity contribution in [3.63, 3.8) is 0 Å². The number of unbranched alkanes of at least 4 members (excludes halogenated alkanes) is 2. The zero-order valence-electron chi connectivity index (χ0n) is 13.9. The van der Waals surface area contributed by atoms with Crippen molar-refractivity contribution in [2.24, 2.45) is 0 Å². The number of ether oxygens (including phenoxy) is 1. The predicted octanol–water partition coefficient (Wildman–Crippen LogP) is 4.14. The molecule has 0 saturated heterocycles. The summed E-state index contributed by atoms with van der Waals surface area (Å²) in [7, 11) is 0.642. The lowest BCUT2D eigenvalue weighted by molar-refractivity contribution is -0.195. The molecule has 0 aromatic rings. The summed E-state index contributed by atoms with van der Waals surface area (Å²) in [6, 6.07) is 0.783. The molecule has 0 heterocycles. The van der Waals surface area contributed by atoms with Crippen molar-refractivity contribution in [2.75, 3.05) is 20.8 Å². The van der Waals surface area contributed by atoms with Crippen LogP contribution < -0.4 is 0 Å².